The summed E-state index contributed by atoms with van der Waals surface area (Å²) in [5, 5.41) is 57.0. The fraction of sp³-hybridized carbons (Fsp3) is 0.545. The van der Waals surface area contributed by atoms with Crippen LogP contribution in [-0.4, -0.2) is 112 Å². The number of ether oxygens (including phenoxy) is 4. The van der Waals surface area contributed by atoms with Gasteiger partial charge in [-0.3, -0.25) is 14.4 Å². The number of methoxy groups -OCH3 is 1. The molecule has 17 heteroatoms. The maximum atomic E-state index is 14.5. The van der Waals surface area contributed by atoms with Gasteiger partial charge in [-0.25, -0.2) is 4.99 Å². The number of guanidine groups is 1. The number of aliphatic hydroxyl groups excluding tert-OH is 2. The van der Waals surface area contributed by atoms with Crippen LogP contribution >= 0.6 is 0 Å². The molecule has 3 aliphatic rings. The highest BCUT2D eigenvalue weighted by atomic mass is 16.7. The number of nitrogens with one attached hydrogen (secondary N) is 1. The first-order chi connectivity index (χ1) is 28.7. The van der Waals surface area contributed by atoms with Crippen molar-refractivity contribution in [2.24, 2.45) is 44.6 Å². The SMILES string of the molecule is CCN(CC)CCN=C(N)N=Nc1cc2c(O)c3c(O)c(C)c4c(c13)C(=O)C(C)(OC=CC(OC)C(C)C(OC(C)=O)C(C)C(O)C(C)C(O)C(C)C=CC=C(C)C(=O)N2)O4. The highest BCUT2D eigenvalue weighted by molar-refractivity contribution is 6.22. The van der Waals surface area contributed by atoms with Gasteiger partial charge in [-0.2, -0.15) is 0 Å². The summed E-state index contributed by atoms with van der Waals surface area (Å²) in [5.74, 6) is -7.64. The average molecular weight is 851 g/mol. The van der Waals surface area contributed by atoms with E-state index in [0.29, 0.717) is 13.1 Å². The Hall–Kier alpha value is -5.36. The van der Waals surface area contributed by atoms with Crippen LogP contribution in [0.15, 0.2) is 57.4 Å². The number of rotatable bonds is 8. The molecule has 7 N–H and O–H groups in total. The average Bonchev–Trinajstić information content (AvgIpc) is 3.49. The molecule has 61 heavy (non-hydrogen) atoms. The predicted octanol–water partition coefficient (Wildman–Crippen LogP) is 5.79. The Kier molecular flexibility index (Phi) is 16.2. The zero-order valence-corrected chi connectivity index (χ0v) is 36.9. The van der Waals surface area contributed by atoms with E-state index in [1.54, 1.807) is 39.8 Å². The van der Waals surface area contributed by atoms with Crippen molar-refractivity contribution in [3.05, 3.63) is 53.3 Å². The summed E-state index contributed by atoms with van der Waals surface area (Å²) in [6.07, 6.45) is 3.65. The third-order valence-electron chi connectivity index (χ3n) is 11.7. The lowest BCUT2D eigenvalue weighted by molar-refractivity contribution is -0.160. The van der Waals surface area contributed by atoms with Crippen molar-refractivity contribution in [1.29, 1.82) is 0 Å². The number of fused-ring (bicyclic) bond motifs is 14. The highest BCUT2D eigenvalue weighted by Gasteiger charge is 2.49. The second kappa shape index (κ2) is 20.5. The van der Waals surface area contributed by atoms with Gasteiger partial charge < -0.3 is 55.3 Å². The number of azo groups is 1. The number of likely N-dealkylation sites (N-methyl/N-ethyl adjacent to an activating group) is 1. The maximum absolute atomic E-state index is 14.5. The molecule has 3 heterocycles. The summed E-state index contributed by atoms with van der Waals surface area (Å²) < 4.78 is 23.7. The minimum atomic E-state index is -2.02. The Bertz CT molecular complexity index is 2110. The van der Waals surface area contributed by atoms with Crippen LogP contribution in [0.5, 0.6) is 17.2 Å². The second-order valence-corrected chi connectivity index (χ2v) is 15.9. The number of Topliss-reactive ketones (excluding diaryl/α,β-unsaturated/α-hetero) is 1. The number of allylic oxidation sites excluding steroid dienone is 2. The lowest BCUT2D eigenvalue weighted by Gasteiger charge is -2.38. The van der Waals surface area contributed by atoms with Gasteiger partial charge in [0.25, 0.3) is 11.7 Å². The summed E-state index contributed by atoms with van der Waals surface area (Å²) in [4.78, 5) is 46.9. The van der Waals surface area contributed by atoms with Gasteiger partial charge >= 0.3 is 11.8 Å². The Balaban J connectivity index is 1.94. The molecule has 0 aromatic heterocycles. The molecule has 0 saturated carbocycles. The van der Waals surface area contributed by atoms with Gasteiger partial charge in [0.1, 0.15) is 17.6 Å². The fourth-order valence-corrected chi connectivity index (χ4v) is 7.71. The molecule has 5 bridgehead atoms. The number of carbonyl (C=O) groups is 3. The van der Waals surface area contributed by atoms with Gasteiger partial charge in [0.2, 0.25) is 5.96 Å². The first kappa shape index (κ1) is 48.3. The minimum absolute atomic E-state index is 0.0459. The van der Waals surface area contributed by atoms with Crippen LogP contribution in [0, 0.1) is 30.6 Å². The van der Waals surface area contributed by atoms with Gasteiger partial charge in [-0.1, -0.05) is 59.8 Å². The number of aliphatic hydroxyl groups is 2. The lowest BCUT2D eigenvalue weighted by atomic mass is 9.78. The lowest BCUT2D eigenvalue weighted by Crippen LogP contribution is -2.46. The fourth-order valence-electron chi connectivity index (χ4n) is 7.71. The number of phenolic OH excluding ortho intramolecular Hbond substituents is 2. The maximum Gasteiger partial charge on any atom is 0.312 e. The number of nitrogens with two attached hydrogens (primary N) is 1. The molecule has 3 aliphatic heterocycles. The molecule has 17 nitrogen and oxygen atoms in total. The van der Waals surface area contributed by atoms with Crippen molar-refractivity contribution in [3.8, 4) is 17.2 Å². The Morgan fingerprint density at radius 2 is 1.67 bits per heavy atom. The van der Waals surface area contributed by atoms with E-state index in [4.69, 9.17) is 24.7 Å². The standard InChI is InChI=1S/C44H62N6O11/c1-12-50(13-2)19-18-46-43(45)49-48-29-21-30-38(55)33-32(29)34-40(27(8)37(33)54)61-44(10,41(34)56)59-20-17-31(58-11)24(5)39(60-28(9)51)26(7)36(53)25(6)35(52)22(3)15-14-16-23(4)42(57)47-30/h14-17,20-22,24-26,31,35-36,39,52-55H,12-13,18-19H2,1-11H3,(H2,45,46)(H,47,57). The molecular weight excluding hydrogens is 789 g/mol. The molecule has 2 aromatic carbocycles. The molecule has 0 saturated heterocycles. The van der Waals surface area contributed by atoms with Crippen molar-refractivity contribution in [3.63, 3.8) is 0 Å². The number of aromatic hydroxyl groups is 2. The van der Waals surface area contributed by atoms with Crippen LogP contribution in [-0.2, 0) is 23.8 Å². The number of nitrogens with zero attached hydrogens (tertiary/aromatic N) is 4. The van der Waals surface area contributed by atoms with E-state index in [9.17, 15) is 34.8 Å². The predicted molar refractivity (Wildman–Crippen MR) is 231 cm³/mol. The molecule has 9 atom stereocenters. The number of benzene rings is 2. The Morgan fingerprint density at radius 1 is 1.00 bits per heavy atom. The number of aliphatic imine (C=N–C) groups is 1. The first-order valence-corrected chi connectivity index (χ1v) is 20.5. The monoisotopic (exact) mass is 850 g/mol. The van der Waals surface area contributed by atoms with E-state index in [2.05, 4.69) is 25.4 Å². The second-order valence-electron chi connectivity index (χ2n) is 15.9. The molecule has 5 rings (SSSR count). The number of ketones is 1. The summed E-state index contributed by atoms with van der Waals surface area (Å²) in [5.41, 5.74) is 6.11. The molecule has 0 spiro atoms. The summed E-state index contributed by atoms with van der Waals surface area (Å²) in [6.45, 7) is 19.3. The quantitative estimate of drug-likeness (QED) is 0.0606. The molecule has 9 unspecified atom stereocenters. The molecular formula is C44H62N6O11. The number of carbonyl (C=O) groups excluding carboxylic acids is 3. The number of hydrogen-bond acceptors (Lipinski definition) is 14. The van der Waals surface area contributed by atoms with Crippen LogP contribution in [0.3, 0.4) is 0 Å². The third kappa shape index (κ3) is 10.6. The Morgan fingerprint density at radius 3 is 2.30 bits per heavy atom. The topological polar surface area (TPSA) is 247 Å². The molecule has 2 aromatic rings. The van der Waals surface area contributed by atoms with E-state index in [0.717, 1.165) is 13.1 Å². The van der Waals surface area contributed by atoms with E-state index in [1.165, 1.54) is 59.3 Å². The van der Waals surface area contributed by atoms with Gasteiger partial charge in [0, 0.05) is 67.7 Å². The van der Waals surface area contributed by atoms with Gasteiger partial charge in [0.15, 0.2) is 5.75 Å². The first-order valence-electron chi connectivity index (χ1n) is 20.5. The zero-order chi connectivity index (χ0) is 45.5. The smallest absolute Gasteiger partial charge is 0.312 e. The number of hydrogen-bond donors (Lipinski definition) is 6. The number of esters is 1. The zero-order valence-electron chi connectivity index (χ0n) is 36.9. The van der Waals surface area contributed by atoms with Crippen molar-refractivity contribution >= 4 is 45.8 Å². The van der Waals surface area contributed by atoms with E-state index >= 15 is 0 Å². The van der Waals surface area contributed by atoms with Crippen LogP contribution in [0.1, 0.15) is 78.2 Å². The van der Waals surface area contributed by atoms with Crippen LogP contribution in [0.2, 0.25) is 0 Å². The van der Waals surface area contributed by atoms with Gasteiger partial charge in [-0.05, 0) is 39.1 Å². The molecule has 0 fully saturated rings. The molecule has 1 amide bonds. The third-order valence-corrected chi connectivity index (χ3v) is 11.7. The van der Waals surface area contributed by atoms with E-state index in [1.807, 2.05) is 13.8 Å². The van der Waals surface area contributed by atoms with Crippen molar-refractivity contribution < 1.29 is 53.8 Å². The highest BCUT2D eigenvalue weighted by Crippen LogP contribution is 2.54. The van der Waals surface area contributed by atoms with Crippen LogP contribution < -0.4 is 15.8 Å². The van der Waals surface area contributed by atoms with E-state index < -0.39 is 83.0 Å². The molecule has 334 valence electrons. The van der Waals surface area contributed by atoms with Crippen molar-refractivity contribution in [2.45, 2.75) is 99.4 Å². The van der Waals surface area contributed by atoms with Gasteiger partial charge in [0.05, 0.1) is 53.4 Å². The van der Waals surface area contributed by atoms with Crippen LogP contribution in [0.4, 0.5) is 11.4 Å². The van der Waals surface area contributed by atoms with Crippen molar-refractivity contribution in [2.75, 3.05) is 38.6 Å². The normalized spacial score (nSPS) is 28.0. The number of amides is 1. The van der Waals surface area contributed by atoms with Crippen LogP contribution in [0.25, 0.3) is 10.8 Å². The van der Waals surface area contributed by atoms with Gasteiger partial charge in [-0.15, -0.1) is 10.2 Å². The number of phenols is 2. The summed E-state index contributed by atoms with van der Waals surface area (Å²) in [6, 6.07) is 1.29. The van der Waals surface area contributed by atoms with E-state index in [-0.39, 0.29) is 50.6 Å². The largest absolute Gasteiger partial charge is 0.507 e. The molecule has 0 aliphatic carbocycles. The summed E-state index contributed by atoms with van der Waals surface area (Å²) >= 11 is 0. The number of anilines is 1. The summed E-state index contributed by atoms with van der Waals surface area (Å²) in [7, 11) is 1.44. The molecule has 0 radical (unpaired) electrons. The Labute approximate surface area is 357 Å². The van der Waals surface area contributed by atoms with Crippen molar-refractivity contribution in [1.82, 2.24) is 4.90 Å². The minimum Gasteiger partial charge on any atom is -0.507 e.